The molecule has 0 unspecified atom stereocenters. The third kappa shape index (κ3) is 6.70. The molecule has 1 aliphatic heterocycles. The molecule has 1 saturated heterocycles. The highest BCUT2D eigenvalue weighted by atomic mass is 32.2. The number of hydrogen-bond acceptors (Lipinski definition) is 5. The number of carbonyl (C=O) groups is 1. The second kappa shape index (κ2) is 12.3. The predicted molar refractivity (Wildman–Crippen MR) is 146 cm³/mol. The highest BCUT2D eigenvalue weighted by molar-refractivity contribution is 7.92. The third-order valence-electron chi connectivity index (χ3n) is 6.69. The Labute approximate surface area is 220 Å². The summed E-state index contributed by atoms with van der Waals surface area (Å²) < 4.78 is 33.9. The second-order valence-electron chi connectivity index (χ2n) is 9.38. The molecule has 1 fully saturated rings. The molecular weight excluding hydrogens is 486 g/mol. The van der Waals surface area contributed by atoms with Crippen LogP contribution in [0, 0.1) is 6.92 Å². The number of sulfonamides is 1. The number of rotatable bonds is 10. The van der Waals surface area contributed by atoms with Gasteiger partial charge in [-0.1, -0.05) is 60.5 Å². The van der Waals surface area contributed by atoms with E-state index < -0.39 is 15.9 Å². The first kappa shape index (κ1) is 26.7. The number of carbonyl (C=O) groups excluding carboxylic acids is 1. The number of anilines is 1. The number of likely N-dealkylation sites (tertiary alicyclic amines) is 1. The Morgan fingerprint density at radius 3 is 2.27 bits per heavy atom. The fourth-order valence-corrected chi connectivity index (χ4v) is 6.03. The van der Waals surface area contributed by atoms with Crippen molar-refractivity contribution in [2.75, 3.05) is 31.0 Å². The number of para-hydroxylation sites is 2. The lowest BCUT2D eigenvalue weighted by Crippen LogP contribution is -2.41. The van der Waals surface area contributed by atoms with Gasteiger partial charge in [-0.15, -0.1) is 0 Å². The van der Waals surface area contributed by atoms with Crippen LogP contribution < -0.4 is 14.4 Å². The van der Waals surface area contributed by atoms with Gasteiger partial charge in [0.05, 0.1) is 17.7 Å². The number of nitrogens with one attached hydrogen (secondary N) is 1. The molecule has 0 radical (unpaired) electrons. The van der Waals surface area contributed by atoms with Gasteiger partial charge < -0.3 is 10.1 Å². The lowest BCUT2D eigenvalue weighted by Gasteiger charge is -2.27. The van der Waals surface area contributed by atoms with E-state index in [1.807, 2.05) is 25.1 Å². The molecule has 1 heterocycles. The minimum Gasteiger partial charge on any atom is -0.495 e. The first-order valence-electron chi connectivity index (χ1n) is 12.7. The van der Waals surface area contributed by atoms with Crippen LogP contribution in [0.3, 0.4) is 0 Å². The smallest absolute Gasteiger partial charge is 0.264 e. The highest BCUT2D eigenvalue weighted by Gasteiger charge is 2.29. The Morgan fingerprint density at radius 2 is 1.57 bits per heavy atom. The number of ether oxygens (including phenoxy) is 1. The zero-order chi connectivity index (χ0) is 26.3. The number of benzene rings is 3. The molecular formula is C29H35N3O4S. The Balaban J connectivity index is 1.53. The summed E-state index contributed by atoms with van der Waals surface area (Å²) in [7, 11) is -2.54. The Kier molecular flexibility index (Phi) is 8.84. The number of hydrogen-bond donors (Lipinski definition) is 1. The molecule has 1 amide bonds. The largest absolute Gasteiger partial charge is 0.495 e. The second-order valence-corrected chi connectivity index (χ2v) is 11.2. The Morgan fingerprint density at radius 1 is 0.919 bits per heavy atom. The SMILES string of the molecule is COc1ccccc1N(CC(=O)NCc1ccccc1CN1CCCCC1)S(=O)(=O)c1ccc(C)cc1. The standard InChI is InChI=1S/C29H35N3O4S/c1-23-14-16-26(17-15-23)37(34,35)32(27-12-6-7-13-28(27)36-2)22-29(33)30-20-24-10-4-5-11-25(24)21-31-18-8-3-9-19-31/h4-7,10-17H,3,8-9,18-22H2,1-2H3,(H,30,33). The maximum absolute atomic E-state index is 13.7. The van der Waals surface area contributed by atoms with E-state index in [-0.39, 0.29) is 11.4 Å². The monoisotopic (exact) mass is 521 g/mol. The number of piperidine rings is 1. The van der Waals surface area contributed by atoms with Gasteiger partial charge in [0.1, 0.15) is 12.3 Å². The lowest BCUT2D eigenvalue weighted by molar-refractivity contribution is -0.119. The average Bonchev–Trinajstić information content (AvgIpc) is 2.92. The van der Waals surface area contributed by atoms with E-state index in [1.165, 1.54) is 31.9 Å². The molecule has 0 saturated carbocycles. The molecule has 7 nitrogen and oxygen atoms in total. The van der Waals surface area contributed by atoms with Crippen LogP contribution in [0.4, 0.5) is 5.69 Å². The summed E-state index contributed by atoms with van der Waals surface area (Å²) in [5, 5.41) is 2.94. The molecule has 0 bridgehead atoms. The third-order valence-corrected chi connectivity index (χ3v) is 8.46. The lowest BCUT2D eigenvalue weighted by atomic mass is 10.0. The summed E-state index contributed by atoms with van der Waals surface area (Å²) >= 11 is 0. The van der Waals surface area contributed by atoms with E-state index in [2.05, 4.69) is 16.3 Å². The molecule has 0 aromatic heterocycles. The topological polar surface area (TPSA) is 79.0 Å². The van der Waals surface area contributed by atoms with E-state index in [0.717, 1.165) is 35.1 Å². The highest BCUT2D eigenvalue weighted by Crippen LogP contribution is 2.32. The molecule has 0 atom stereocenters. The van der Waals surface area contributed by atoms with Gasteiger partial charge in [-0.3, -0.25) is 14.0 Å². The van der Waals surface area contributed by atoms with Crippen molar-refractivity contribution in [1.29, 1.82) is 0 Å². The van der Waals surface area contributed by atoms with E-state index in [1.54, 1.807) is 48.5 Å². The van der Waals surface area contributed by atoms with Crippen LogP contribution in [0.1, 0.15) is 36.0 Å². The van der Waals surface area contributed by atoms with Gasteiger partial charge in [-0.25, -0.2) is 8.42 Å². The van der Waals surface area contributed by atoms with E-state index in [4.69, 9.17) is 4.74 Å². The summed E-state index contributed by atoms with van der Waals surface area (Å²) in [5.41, 5.74) is 3.47. The molecule has 0 aliphatic carbocycles. The van der Waals surface area contributed by atoms with Gasteiger partial charge in [-0.2, -0.15) is 0 Å². The van der Waals surface area contributed by atoms with Crippen LogP contribution in [0.5, 0.6) is 5.75 Å². The van der Waals surface area contributed by atoms with Crippen LogP contribution >= 0.6 is 0 Å². The van der Waals surface area contributed by atoms with Gasteiger partial charge in [0, 0.05) is 13.1 Å². The summed E-state index contributed by atoms with van der Waals surface area (Å²) in [6.45, 7) is 4.88. The van der Waals surface area contributed by atoms with Crippen LogP contribution in [0.15, 0.2) is 77.7 Å². The van der Waals surface area contributed by atoms with Crippen molar-refractivity contribution in [3.05, 3.63) is 89.5 Å². The van der Waals surface area contributed by atoms with Gasteiger partial charge >= 0.3 is 0 Å². The van der Waals surface area contributed by atoms with Crippen molar-refractivity contribution >= 4 is 21.6 Å². The summed E-state index contributed by atoms with van der Waals surface area (Å²) in [6, 6.07) is 21.5. The maximum Gasteiger partial charge on any atom is 0.264 e. The molecule has 0 spiro atoms. The number of aryl methyl sites for hydroxylation is 1. The van der Waals surface area contributed by atoms with Crippen LogP contribution in [0.2, 0.25) is 0 Å². The van der Waals surface area contributed by atoms with Crippen LogP contribution in [-0.2, 0) is 27.9 Å². The summed E-state index contributed by atoms with van der Waals surface area (Å²) in [4.78, 5) is 15.7. The van der Waals surface area contributed by atoms with Crippen molar-refractivity contribution in [3.8, 4) is 5.75 Å². The Bertz CT molecular complexity index is 1300. The van der Waals surface area contributed by atoms with Gasteiger partial charge in [0.2, 0.25) is 5.91 Å². The van der Waals surface area contributed by atoms with Gasteiger partial charge in [0.15, 0.2) is 0 Å². The zero-order valence-electron chi connectivity index (χ0n) is 21.5. The zero-order valence-corrected chi connectivity index (χ0v) is 22.3. The molecule has 3 aromatic rings. The Hall–Kier alpha value is -3.36. The van der Waals surface area contributed by atoms with E-state index >= 15 is 0 Å². The number of methoxy groups -OCH3 is 1. The molecule has 1 aliphatic rings. The maximum atomic E-state index is 13.7. The molecule has 3 aromatic carbocycles. The summed E-state index contributed by atoms with van der Waals surface area (Å²) in [6.07, 6.45) is 3.71. The minimum absolute atomic E-state index is 0.115. The van der Waals surface area contributed by atoms with Crippen molar-refractivity contribution in [2.24, 2.45) is 0 Å². The van der Waals surface area contributed by atoms with Crippen LogP contribution in [-0.4, -0.2) is 46.0 Å². The van der Waals surface area contributed by atoms with E-state index in [9.17, 15) is 13.2 Å². The van der Waals surface area contributed by atoms with Crippen molar-refractivity contribution in [1.82, 2.24) is 10.2 Å². The van der Waals surface area contributed by atoms with Gasteiger partial charge in [0.25, 0.3) is 10.0 Å². The van der Waals surface area contributed by atoms with Crippen LogP contribution in [0.25, 0.3) is 0 Å². The molecule has 8 heteroatoms. The summed E-state index contributed by atoms with van der Waals surface area (Å²) in [5.74, 6) is -0.0211. The molecule has 196 valence electrons. The van der Waals surface area contributed by atoms with Crippen molar-refractivity contribution < 1.29 is 17.9 Å². The first-order valence-corrected chi connectivity index (χ1v) is 14.1. The molecule has 1 N–H and O–H groups in total. The number of amides is 1. The van der Waals surface area contributed by atoms with Gasteiger partial charge in [-0.05, 0) is 68.2 Å². The minimum atomic E-state index is -4.02. The quantitative estimate of drug-likeness (QED) is 0.425. The molecule has 37 heavy (non-hydrogen) atoms. The fourth-order valence-electron chi connectivity index (χ4n) is 4.60. The first-order chi connectivity index (χ1) is 17.9. The number of nitrogens with zero attached hydrogens (tertiary/aromatic N) is 2. The fraction of sp³-hybridized carbons (Fsp3) is 0.345. The van der Waals surface area contributed by atoms with E-state index in [0.29, 0.717) is 18.0 Å². The predicted octanol–water partition coefficient (Wildman–Crippen LogP) is 4.50. The molecule has 4 rings (SSSR count). The normalized spacial score (nSPS) is 14.2. The van der Waals surface area contributed by atoms with Crippen molar-refractivity contribution in [3.63, 3.8) is 0 Å². The average molecular weight is 522 g/mol. The van der Waals surface area contributed by atoms with Crippen molar-refractivity contribution in [2.45, 2.75) is 44.2 Å².